The van der Waals surface area contributed by atoms with Crippen LogP contribution in [-0.2, 0) is 4.79 Å². The highest BCUT2D eigenvalue weighted by molar-refractivity contribution is 6.01. The van der Waals surface area contributed by atoms with Crippen LogP contribution in [0.5, 0.6) is 0 Å². The standard InChI is InChI=1S/C9H13NO2/c1-4-9(12)6-7(10(2)3)5-8(9)11/h4-5,12H,1,6H2,2-3H3. The summed E-state index contributed by atoms with van der Waals surface area (Å²) in [6.45, 7) is 3.44. The van der Waals surface area contributed by atoms with Gasteiger partial charge in [-0.1, -0.05) is 12.7 Å². The summed E-state index contributed by atoms with van der Waals surface area (Å²) in [5, 5.41) is 9.64. The van der Waals surface area contributed by atoms with Crippen molar-refractivity contribution in [1.29, 1.82) is 0 Å². The summed E-state index contributed by atoms with van der Waals surface area (Å²) in [7, 11) is 3.68. The van der Waals surface area contributed by atoms with E-state index in [1.807, 2.05) is 19.0 Å². The fourth-order valence-corrected chi connectivity index (χ4v) is 1.15. The van der Waals surface area contributed by atoms with Gasteiger partial charge in [0.15, 0.2) is 5.78 Å². The average molecular weight is 167 g/mol. The molecule has 12 heavy (non-hydrogen) atoms. The van der Waals surface area contributed by atoms with Crippen molar-refractivity contribution in [3.8, 4) is 0 Å². The maximum atomic E-state index is 11.2. The molecule has 0 spiro atoms. The molecule has 0 heterocycles. The maximum absolute atomic E-state index is 11.2. The first-order valence-electron chi connectivity index (χ1n) is 3.78. The second-order valence-corrected chi connectivity index (χ2v) is 3.20. The summed E-state index contributed by atoms with van der Waals surface area (Å²) in [4.78, 5) is 13.0. The van der Waals surface area contributed by atoms with E-state index in [0.29, 0.717) is 6.42 Å². The van der Waals surface area contributed by atoms with Crippen LogP contribution < -0.4 is 0 Å². The van der Waals surface area contributed by atoms with Gasteiger partial charge in [-0.2, -0.15) is 0 Å². The highest BCUT2D eigenvalue weighted by Gasteiger charge is 2.37. The minimum Gasteiger partial charge on any atom is -0.381 e. The molecule has 1 rings (SSSR count). The van der Waals surface area contributed by atoms with Crippen molar-refractivity contribution in [2.75, 3.05) is 14.1 Å². The fraction of sp³-hybridized carbons (Fsp3) is 0.444. The zero-order valence-electron chi connectivity index (χ0n) is 7.37. The molecular formula is C9H13NO2. The van der Waals surface area contributed by atoms with E-state index < -0.39 is 5.60 Å². The van der Waals surface area contributed by atoms with Crippen molar-refractivity contribution < 1.29 is 9.90 Å². The van der Waals surface area contributed by atoms with Gasteiger partial charge in [0, 0.05) is 32.3 Å². The number of carbonyl (C=O) groups excluding carboxylic acids is 1. The summed E-state index contributed by atoms with van der Waals surface area (Å²) >= 11 is 0. The van der Waals surface area contributed by atoms with E-state index in [0.717, 1.165) is 5.70 Å². The van der Waals surface area contributed by atoms with E-state index in [9.17, 15) is 9.90 Å². The van der Waals surface area contributed by atoms with E-state index in [1.165, 1.54) is 12.2 Å². The lowest BCUT2D eigenvalue weighted by Gasteiger charge is -2.18. The maximum Gasteiger partial charge on any atom is 0.193 e. The summed E-state index contributed by atoms with van der Waals surface area (Å²) in [5.41, 5.74) is -0.526. The molecule has 3 nitrogen and oxygen atoms in total. The van der Waals surface area contributed by atoms with Crippen LogP contribution in [0.25, 0.3) is 0 Å². The van der Waals surface area contributed by atoms with Crippen LogP contribution in [0.3, 0.4) is 0 Å². The Morgan fingerprint density at radius 1 is 1.75 bits per heavy atom. The first-order valence-corrected chi connectivity index (χ1v) is 3.78. The Bertz CT molecular complexity index is 255. The number of aliphatic hydroxyl groups is 1. The molecule has 0 fully saturated rings. The Kier molecular flexibility index (Phi) is 2.06. The highest BCUT2D eigenvalue weighted by atomic mass is 16.3. The molecule has 1 aliphatic carbocycles. The van der Waals surface area contributed by atoms with Crippen molar-refractivity contribution >= 4 is 5.78 Å². The third kappa shape index (κ3) is 1.28. The molecule has 1 atom stereocenters. The normalized spacial score (nSPS) is 28.6. The molecule has 0 saturated carbocycles. The molecule has 3 heteroatoms. The van der Waals surface area contributed by atoms with Crippen molar-refractivity contribution in [1.82, 2.24) is 4.90 Å². The Morgan fingerprint density at radius 2 is 2.33 bits per heavy atom. The topological polar surface area (TPSA) is 40.5 Å². The van der Waals surface area contributed by atoms with Gasteiger partial charge >= 0.3 is 0 Å². The number of hydrogen-bond donors (Lipinski definition) is 1. The molecule has 0 aromatic carbocycles. The second-order valence-electron chi connectivity index (χ2n) is 3.20. The van der Waals surface area contributed by atoms with Gasteiger partial charge in [0.05, 0.1) is 0 Å². The quantitative estimate of drug-likeness (QED) is 0.602. The highest BCUT2D eigenvalue weighted by Crippen LogP contribution is 2.27. The Labute approximate surface area is 72.0 Å². The van der Waals surface area contributed by atoms with E-state index in [2.05, 4.69) is 6.58 Å². The van der Waals surface area contributed by atoms with Gasteiger partial charge in [0.2, 0.25) is 0 Å². The van der Waals surface area contributed by atoms with Crippen molar-refractivity contribution in [3.05, 3.63) is 24.4 Å². The number of hydrogen-bond acceptors (Lipinski definition) is 3. The molecule has 0 aliphatic heterocycles. The molecule has 0 radical (unpaired) electrons. The largest absolute Gasteiger partial charge is 0.381 e. The number of ketones is 1. The van der Waals surface area contributed by atoms with Crippen LogP contribution in [0.15, 0.2) is 24.4 Å². The van der Waals surface area contributed by atoms with Crippen molar-refractivity contribution in [3.63, 3.8) is 0 Å². The lowest BCUT2D eigenvalue weighted by Crippen LogP contribution is -2.31. The Hall–Kier alpha value is -1.09. The van der Waals surface area contributed by atoms with Crippen LogP contribution >= 0.6 is 0 Å². The van der Waals surface area contributed by atoms with Gasteiger partial charge in [-0.05, 0) is 0 Å². The van der Waals surface area contributed by atoms with Gasteiger partial charge < -0.3 is 10.0 Å². The van der Waals surface area contributed by atoms with Gasteiger partial charge in [-0.15, -0.1) is 0 Å². The van der Waals surface area contributed by atoms with Crippen LogP contribution in [0.4, 0.5) is 0 Å². The predicted octanol–water partition coefficient (Wildman–Crippen LogP) is 0.322. The third-order valence-corrected chi connectivity index (χ3v) is 2.09. The van der Waals surface area contributed by atoms with Crippen LogP contribution in [-0.4, -0.2) is 35.5 Å². The number of carbonyl (C=O) groups is 1. The number of nitrogens with zero attached hydrogens (tertiary/aromatic N) is 1. The monoisotopic (exact) mass is 167 g/mol. The lowest BCUT2D eigenvalue weighted by molar-refractivity contribution is -0.126. The smallest absolute Gasteiger partial charge is 0.193 e. The summed E-state index contributed by atoms with van der Waals surface area (Å²) in [6, 6.07) is 0. The first kappa shape index (κ1) is 9.00. The van der Waals surface area contributed by atoms with E-state index in [-0.39, 0.29) is 5.78 Å². The second kappa shape index (κ2) is 2.75. The van der Waals surface area contributed by atoms with E-state index in [4.69, 9.17) is 0 Å². The van der Waals surface area contributed by atoms with Gasteiger partial charge in [0.1, 0.15) is 5.60 Å². The summed E-state index contributed by atoms with van der Waals surface area (Å²) < 4.78 is 0. The minimum atomic E-state index is -1.36. The summed E-state index contributed by atoms with van der Waals surface area (Å²) in [5.74, 6) is -0.277. The molecule has 0 amide bonds. The molecular weight excluding hydrogens is 154 g/mol. The van der Waals surface area contributed by atoms with E-state index >= 15 is 0 Å². The zero-order valence-corrected chi connectivity index (χ0v) is 7.37. The molecule has 1 aliphatic rings. The minimum absolute atomic E-state index is 0.277. The Balaban J connectivity index is 2.87. The average Bonchev–Trinajstić information content (AvgIpc) is 2.30. The first-order chi connectivity index (χ1) is 5.49. The predicted molar refractivity (Wildman–Crippen MR) is 46.5 cm³/mol. The van der Waals surface area contributed by atoms with Crippen molar-refractivity contribution in [2.45, 2.75) is 12.0 Å². The molecule has 0 aromatic heterocycles. The molecule has 0 bridgehead atoms. The SMILES string of the molecule is C=CC1(O)CC(N(C)C)=CC1=O. The summed E-state index contributed by atoms with van der Waals surface area (Å²) in [6.07, 6.45) is 3.09. The van der Waals surface area contributed by atoms with Crippen LogP contribution in [0, 0.1) is 0 Å². The van der Waals surface area contributed by atoms with E-state index in [1.54, 1.807) is 0 Å². The van der Waals surface area contributed by atoms with Crippen LogP contribution in [0.1, 0.15) is 6.42 Å². The zero-order chi connectivity index (χ0) is 9.35. The van der Waals surface area contributed by atoms with Crippen LogP contribution in [0.2, 0.25) is 0 Å². The molecule has 0 saturated heterocycles. The number of rotatable bonds is 2. The lowest BCUT2D eigenvalue weighted by atomic mass is 10.0. The van der Waals surface area contributed by atoms with Crippen molar-refractivity contribution in [2.24, 2.45) is 0 Å². The van der Waals surface area contributed by atoms with Gasteiger partial charge in [0.25, 0.3) is 0 Å². The third-order valence-electron chi connectivity index (χ3n) is 2.09. The molecule has 66 valence electrons. The molecule has 1 N–H and O–H groups in total. The van der Waals surface area contributed by atoms with Gasteiger partial charge in [-0.25, -0.2) is 0 Å². The molecule has 0 aromatic rings. The molecule has 1 unspecified atom stereocenters. The van der Waals surface area contributed by atoms with Gasteiger partial charge in [-0.3, -0.25) is 4.79 Å². The fourth-order valence-electron chi connectivity index (χ4n) is 1.15. The Morgan fingerprint density at radius 3 is 2.58 bits per heavy atom.